The van der Waals surface area contributed by atoms with Crippen molar-refractivity contribution in [3.05, 3.63) is 85.1 Å². The fourth-order valence-electron chi connectivity index (χ4n) is 7.08. The maximum Gasteiger partial charge on any atom is 0.306 e. The minimum Gasteiger partial charge on any atom is -0.462 e. The topological polar surface area (TPSA) is 78.9 Å². The van der Waals surface area contributed by atoms with Crippen molar-refractivity contribution in [2.45, 2.75) is 252 Å². The number of esters is 3. The fraction of sp³-hybridized carbons (Fsp3) is 0.707. The van der Waals surface area contributed by atoms with Crippen molar-refractivity contribution >= 4 is 17.9 Å². The predicted octanol–water partition coefficient (Wildman–Crippen LogP) is 17.6. The Morgan fingerprint density at radius 3 is 0.938 bits per heavy atom. The molecular weight excluding hydrogens is 793 g/mol. The molecule has 0 spiro atoms. The summed E-state index contributed by atoms with van der Waals surface area (Å²) in [6.07, 6.45) is 67.1. The average Bonchev–Trinajstić information content (AvgIpc) is 3.29. The van der Waals surface area contributed by atoms with E-state index in [2.05, 4.69) is 106 Å². The number of hydrogen-bond acceptors (Lipinski definition) is 6. The molecule has 0 saturated heterocycles. The largest absolute Gasteiger partial charge is 0.462 e. The van der Waals surface area contributed by atoms with Gasteiger partial charge in [-0.3, -0.25) is 14.4 Å². The Labute approximate surface area is 395 Å². The first-order chi connectivity index (χ1) is 31.5. The second kappa shape index (κ2) is 52.2. The second-order valence-electron chi connectivity index (χ2n) is 17.4. The van der Waals surface area contributed by atoms with Crippen LogP contribution in [-0.4, -0.2) is 37.2 Å². The first-order valence-corrected chi connectivity index (χ1v) is 26.6. The minimum absolute atomic E-state index is 0.101. The molecule has 0 N–H and O–H groups in total. The average molecular weight is 891 g/mol. The van der Waals surface area contributed by atoms with Gasteiger partial charge >= 0.3 is 17.9 Å². The van der Waals surface area contributed by atoms with E-state index in [0.717, 1.165) is 96.3 Å². The third-order valence-corrected chi connectivity index (χ3v) is 11.1. The van der Waals surface area contributed by atoms with E-state index in [1.54, 1.807) is 0 Å². The van der Waals surface area contributed by atoms with E-state index in [0.29, 0.717) is 12.8 Å². The summed E-state index contributed by atoms with van der Waals surface area (Å²) in [4.78, 5) is 38.0. The third-order valence-electron chi connectivity index (χ3n) is 11.1. The highest BCUT2D eigenvalue weighted by atomic mass is 16.6. The molecule has 6 nitrogen and oxygen atoms in total. The number of carbonyl (C=O) groups excluding carboxylic acids is 3. The molecule has 0 rings (SSSR count). The van der Waals surface area contributed by atoms with E-state index in [1.807, 2.05) is 0 Å². The zero-order valence-electron chi connectivity index (χ0n) is 41.8. The molecule has 0 aromatic heterocycles. The zero-order chi connectivity index (χ0) is 46.5. The highest BCUT2D eigenvalue weighted by molar-refractivity contribution is 5.71. The molecule has 0 heterocycles. The van der Waals surface area contributed by atoms with Crippen molar-refractivity contribution in [3.8, 4) is 0 Å². The van der Waals surface area contributed by atoms with E-state index < -0.39 is 6.10 Å². The van der Waals surface area contributed by atoms with E-state index in [4.69, 9.17) is 14.2 Å². The molecule has 64 heavy (non-hydrogen) atoms. The lowest BCUT2D eigenvalue weighted by atomic mass is 10.0. The minimum atomic E-state index is -0.807. The maximum atomic E-state index is 12.8. The van der Waals surface area contributed by atoms with Gasteiger partial charge in [-0.1, -0.05) is 209 Å². The van der Waals surface area contributed by atoms with Gasteiger partial charge in [-0.15, -0.1) is 0 Å². The summed E-state index contributed by atoms with van der Waals surface area (Å²) in [6.45, 7) is 6.52. The number of allylic oxidation sites excluding steroid dienone is 14. The van der Waals surface area contributed by atoms with Crippen molar-refractivity contribution in [2.75, 3.05) is 13.2 Å². The smallest absolute Gasteiger partial charge is 0.306 e. The van der Waals surface area contributed by atoms with Gasteiger partial charge in [0.2, 0.25) is 0 Å². The van der Waals surface area contributed by atoms with Gasteiger partial charge in [0.05, 0.1) is 0 Å². The van der Waals surface area contributed by atoms with Crippen molar-refractivity contribution in [1.29, 1.82) is 0 Å². The van der Waals surface area contributed by atoms with Crippen LogP contribution in [0.15, 0.2) is 85.1 Å². The quantitative estimate of drug-likeness (QED) is 0.0262. The maximum absolute atomic E-state index is 12.8. The van der Waals surface area contributed by atoms with Crippen molar-refractivity contribution in [3.63, 3.8) is 0 Å². The molecule has 0 radical (unpaired) electrons. The van der Waals surface area contributed by atoms with Gasteiger partial charge in [-0.2, -0.15) is 0 Å². The number of rotatable bonds is 47. The Kier molecular flexibility index (Phi) is 49.4. The lowest BCUT2D eigenvalue weighted by molar-refractivity contribution is -0.167. The summed E-state index contributed by atoms with van der Waals surface area (Å²) >= 11 is 0. The summed E-state index contributed by atoms with van der Waals surface area (Å²) in [5, 5.41) is 0. The van der Waals surface area contributed by atoms with Gasteiger partial charge in [-0.25, -0.2) is 0 Å². The molecule has 0 saturated carbocycles. The van der Waals surface area contributed by atoms with Crippen molar-refractivity contribution in [1.82, 2.24) is 0 Å². The Balaban J connectivity index is 4.50. The second-order valence-corrected chi connectivity index (χ2v) is 17.4. The van der Waals surface area contributed by atoms with E-state index in [-0.39, 0.29) is 37.5 Å². The van der Waals surface area contributed by atoms with Crippen LogP contribution in [0.1, 0.15) is 245 Å². The van der Waals surface area contributed by atoms with Gasteiger partial charge in [0, 0.05) is 19.3 Å². The summed E-state index contributed by atoms with van der Waals surface area (Å²) in [5.41, 5.74) is 0. The van der Waals surface area contributed by atoms with Crippen LogP contribution in [0.4, 0.5) is 0 Å². The summed E-state index contributed by atoms with van der Waals surface area (Å²) in [6, 6.07) is 0. The number of ether oxygens (including phenoxy) is 3. The lowest BCUT2D eigenvalue weighted by Crippen LogP contribution is -2.30. The molecule has 0 aliphatic carbocycles. The molecule has 366 valence electrons. The SMILES string of the molecule is CCCCC/C=C\C/C=C\C/C=C\C/C=C\CCCCCC(=O)O[C@H](COC(=O)CCCC/C=C\C/C=C\C/C=C\CCCCC)COC(=O)CCCCCCCCCCCCCC. The van der Waals surface area contributed by atoms with Gasteiger partial charge in [0.25, 0.3) is 0 Å². The highest BCUT2D eigenvalue weighted by Crippen LogP contribution is 2.14. The zero-order valence-corrected chi connectivity index (χ0v) is 41.8. The fourth-order valence-corrected chi connectivity index (χ4v) is 7.08. The first-order valence-electron chi connectivity index (χ1n) is 26.6. The Morgan fingerprint density at radius 2 is 0.562 bits per heavy atom. The third kappa shape index (κ3) is 49.6. The molecule has 0 aromatic carbocycles. The molecule has 0 bridgehead atoms. The van der Waals surface area contributed by atoms with Crippen LogP contribution in [0.2, 0.25) is 0 Å². The van der Waals surface area contributed by atoms with Crippen LogP contribution in [0, 0.1) is 0 Å². The standard InChI is InChI=1S/C58H98O6/c1-4-7-10-13-16-19-22-25-27-28-29-30-32-34-37-40-43-46-49-52-58(61)64-55(53-62-56(59)50-47-44-41-38-35-24-21-18-15-12-9-6-3)54-63-57(60)51-48-45-42-39-36-33-31-26-23-20-17-14-11-8-5-2/h16-17,19-20,25-27,29-31,34,36-37,39,55H,4-15,18,21-24,28,32-33,35,38,40-54H2,1-3H3/b19-16-,20-17-,27-25-,30-29-,31-26-,37-34-,39-36-/t55-/m0/s1. The summed E-state index contributed by atoms with van der Waals surface area (Å²) in [7, 11) is 0. The van der Waals surface area contributed by atoms with Crippen LogP contribution >= 0.6 is 0 Å². The van der Waals surface area contributed by atoms with Crippen LogP contribution in [0.5, 0.6) is 0 Å². The first kappa shape index (κ1) is 60.6. The molecule has 1 atom stereocenters. The highest BCUT2D eigenvalue weighted by Gasteiger charge is 2.19. The monoisotopic (exact) mass is 891 g/mol. The molecule has 0 aliphatic heterocycles. The van der Waals surface area contributed by atoms with Crippen molar-refractivity contribution in [2.24, 2.45) is 0 Å². The molecule has 0 aliphatic rings. The molecule has 0 aromatic rings. The molecular formula is C58H98O6. The molecule has 0 amide bonds. The summed E-state index contributed by atoms with van der Waals surface area (Å²) < 4.78 is 16.7. The normalized spacial score (nSPS) is 12.7. The van der Waals surface area contributed by atoms with Crippen LogP contribution in [-0.2, 0) is 28.6 Å². The van der Waals surface area contributed by atoms with Crippen LogP contribution in [0.25, 0.3) is 0 Å². The lowest BCUT2D eigenvalue weighted by Gasteiger charge is -2.18. The van der Waals surface area contributed by atoms with E-state index in [9.17, 15) is 14.4 Å². The van der Waals surface area contributed by atoms with Crippen LogP contribution in [0.3, 0.4) is 0 Å². The van der Waals surface area contributed by atoms with Gasteiger partial charge in [0.1, 0.15) is 13.2 Å². The Morgan fingerprint density at radius 1 is 0.312 bits per heavy atom. The Bertz CT molecular complexity index is 1250. The summed E-state index contributed by atoms with van der Waals surface area (Å²) in [5.74, 6) is -0.971. The number of hydrogen-bond donors (Lipinski definition) is 0. The number of unbranched alkanes of at least 4 members (excludes halogenated alkanes) is 22. The van der Waals surface area contributed by atoms with Gasteiger partial charge in [-0.05, 0) is 103 Å². The molecule has 6 heteroatoms. The van der Waals surface area contributed by atoms with Crippen LogP contribution < -0.4 is 0 Å². The Hall–Kier alpha value is -3.41. The van der Waals surface area contributed by atoms with E-state index >= 15 is 0 Å². The predicted molar refractivity (Wildman–Crippen MR) is 274 cm³/mol. The number of carbonyl (C=O) groups is 3. The van der Waals surface area contributed by atoms with Gasteiger partial charge in [0.15, 0.2) is 6.10 Å². The van der Waals surface area contributed by atoms with E-state index in [1.165, 1.54) is 109 Å². The van der Waals surface area contributed by atoms with Gasteiger partial charge < -0.3 is 14.2 Å². The van der Waals surface area contributed by atoms with Crippen molar-refractivity contribution < 1.29 is 28.6 Å². The molecule has 0 unspecified atom stereocenters. The molecule has 0 fully saturated rings.